The Labute approximate surface area is 145 Å². The molecule has 0 fully saturated rings. The van der Waals surface area contributed by atoms with E-state index in [4.69, 9.17) is 0 Å². The fourth-order valence-corrected chi connectivity index (χ4v) is 2.73. The molecule has 0 radical (unpaired) electrons. The van der Waals surface area contributed by atoms with Crippen LogP contribution < -0.4 is 5.43 Å². The van der Waals surface area contributed by atoms with Crippen molar-refractivity contribution in [2.45, 2.75) is 32.6 Å². The second-order valence-electron chi connectivity index (χ2n) is 5.30. The lowest BCUT2D eigenvalue weighted by atomic mass is 10.0. The zero-order valence-corrected chi connectivity index (χ0v) is 14.8. The molecule has 0 saturated heterocycles. The Morgan fingerprint density at radius 1 is 1.04 bits per heavy atom. The molecule has 0 saturated carbocycles. The molecule has 2 aromatic carbocycles. The first-order valence-electron chi connectivity index (χ1n) is 7.89. The molecule has 2 aromatic rings. The molecule has 0 aromatic heterocycles. The van der Waals surface area contributed by atoms with Gasteiger partial charge in [0.25, 0.3) is 5.91 Å². The Kier molecular flexibility index (Phi) is 7.01. The zero-order valence-electron chi connectivity index (χ0n) is 13.3. The van der Waals surface area contributed by atoms with Gasteiger partial charge in [-0.15, -0.1) is 0 Å². The summed E-state index contributed by atoms with van der Waals surface area (Å²) in [6, 6.07) is 17.3. The van der Waals surface area contributed by atoms with Gasteiger partial charge >= 0.3 is 0 Å². The number of benzene rings is 2. The van der Waals surface area contributed by atoms with Crippen LogP contribution in [0.1, 0.15) is 48.5 Å². The predicted octanol–water partition coefficient (Wildman–Crippen LogP) is 5.16. The molecule has 23 heavy (non-hydrogen) atoms. The van der Waals surface area contributed by atoms with Crippen molar-refractivity contribution in [1.82, 2.24) is 5.43 Å². The normalized spacial score (nSPS) is 11.3. The minimum absolute atomic E-state index is 0.207. The lowest BCUT2D eigenvalue weighted by Gasteiger charge is -2.08. The summed E-state index contributed by atoms with van der Waals surface area (Å²) >= 11 is 3.39. The van der Waals surface area contributed by atoms with Crippen LogP contribution >= 0.6 is 15.9 Å². The monoisotopic (exact) mass is 372 g/mol. The van der Waals surface area contributed by atoms with Crippen LogP contribution in [0.15, 0.2) is 64.2 Å². The number of carbonyl (C=O) groups is 1. The van der Waals surface area contributed by atoms with E-state index in [0.29, 0.717) is 5.56 Å². The molecule has 1 N–H and O–H groups in total. The molecule has 120 valence electrons. The summed E-state index contributed by atoms with van der Waals surface area (Å²) in [7, 11) is 0. The second kappa shape index (κ2) is 9.26. The van der Waals surface area contributed by atoms with Gasteiger partial charge in [-0.05, 0) is 46.5 Å². The van der Waals surface area contributed by atoms with Gasteiger partial charge in [-0.2, -0.15) is 5.10 Å². The molecule has 1 amide bonds. The minimum atomic E-state index is -0.207. The molecular formula is C19H21BrN2O. The topological polar surface area (TPSA) is 41.5 Å². The van der Waals surface area contributed by atoms with Gasteiger partial charge in [-0.3, -0.25) is 4.79 Å². The summed E-state index contributed by atoms with van der Waals surface area (Å²) in [5.74, 6) is -0.207. The summed E-state index contributed by atoms with van der Waals surface area (Å²) in [4.78, 5) is 12.3. The predicted molar refractivity (Wildman–Crippen MR) is 98.7 cm³/mol. The number of hydrazone groups is 1. The highest BCUT2D eigenvalue weighted by Crippen LogP contribution is 2.15. The molecule has 3 nitrogen and oxygen atoms in total. The van der Waals surface area contributed by atoms with Crippen LogP contribution in [0.3, 0.4) is 0 Å². The Bertz CT molecular complexity index is 668. The van der Waals surface area contributed by atoms with Gasteiger partial charge in [0.1, 0.15) is 0 Å². The highest BCUT2D eigenvalue weighted by Gasteiger charge is 2.09. The van der Waals surface area contributed by atoms with E-state index in [2.05, 4.69) is 33.4 Å². The number of carbonyl (C=O) groups excluding carboxylic acids is 1. The van der Waals surface area contributed by atoms with Crippen molar-refractivity contribution >= 4 is 27.5 Å². The first-order chi connectivity index (χ1) is 11.2. The van der Waals surface area contributed by atoms with Crippen molar-refractivity contribution in [3.05, 3.63) is 70.2 Å². The molecule has 0 atom stereocenters. The van der Waals surface area contributed by atoms with Gasteiger partial charge < -0.3 is 0 Å². The summed E-state index contributed by atoms with van der Waals surface area (Å²) < 4.78 is 0.764. The fourth-order valence-electron chi connectivity index (χ4n) is 2.26. The highest BCUT2D eigenvalue weighted by molar-refractivity contribution is 9.10. The second-order valence-corrected chi connectivity index (χ2v) is 6.16. The van der Waals surface area contributed by atoms with Gasteiger partial charge in [-0.1, -0.05) is 62.2 Å². The van der Waals surface area contributed by atoms with Crippen molar-refractivity contribution in [2.24, 2.45) is 5.10 Å². The van der Waals surface area contributed by atoms with Gasteiger partial charge in [0.2, 0.25) is 0 Å². The van der Waals surface area contributed by atoms with E-state index >= 15 is 0 Å². The molecular weight excluding hydrogens is 352 g/mol. The van der Waals surface area contributed by atoms with Crippen molar-refractivity contribution in [1.29, 1.82) is 0 Å². The Hall–Kier alpha value is -1.94. The lowest BCUT2D eigenvalue weighted by molar-refractivity contribution is 0.0954. The Morgan fingerprint density at radius 2 is 1.74 bits per heavy atom. The van der Waals surface area contributed by atoms with Crippen LogP contribution in [0.4, 0.5) is 0 Å². The van der Waals surface area contributed by atoms with Crippen LogP contribution in [0, 0.1) is 0 Å². The van der Waals surface area contributed by atoms with Crippen molar-refractivity contribution in [2.75, 3.05) is 0 Å². The quantitative estimate of drug-likeness (QED) is 0.406. The maximum absolute atomic E-state index is 12.3. The highest BCUT2D eigenvalue weighted by atomic mass is 79.9. The number of hydrogen-bond donors (Lipinski definition) is 1. The Balaban J connectivity index is 2.13. The fraction of sp³-hybridized carbons (Fsp3) is 0.263. The molecule has 0 unspecified atom stereocenters. The number of rotatable bonds is 7. The number of nitrogens with zero attached hydrogens (tertiary/aromatic N) is 1. The third-order valence-corrected chi connectivity index (χ3v) is 4.23. The SMILES string of the molecule is CCCCC/C(=N\NC(=O)c1ccccc1Br)c1ccccc1. The average molecular weight is 373 g/mol. The number of halogens is 1. The Morgan fingerprint density at radius 3 is 2.43 bits per heavy atom. The lowest BCUT2D eigenvalue weighted by Crippen LogP contribution is -2.20. The van der Waals surface area contributed by atoms with Crippen LogP contribution in [-0.2, 0) is 0 Å². The van der Waals surface area contributed by atoms with Crippen LogP contribution in [-0.4, -0.2) is 11.6 Å². The average Bonchev–Trinajstić information content (AvgIpc) is 2.59. The summed E-state index contributed by atoms with van der Waals surface area (Å²) in [5, 5.41) is 4.38. The van der Waals surface area contributed by atoms with E-state index in [9.17, 15) is 4.79 Å². The van der Waals surface area contributed by atoms with E-state index in [-0.39, 0.29) is 5.91 Å². The first kappa shape index (κ1) is 17.4. The summed E-state index contributed by atoms with van der Waals surface area (Å²) in [5.41, 5.74) is 5.23. The standard InChI is InChI=1S/C19H21BrN2O/c1-2-3-5-14-18(15-10-6-4-7-11-15)21-22-19(23)16-12-8-9-13-17(16)20/h4,6-13H,2-3,5,14H2,1H3,(H,22,23)/b21-18+. The van der Waals surface area contributed by atoms with Gasteiger partial charge in [0.05, 0.1) is 11.3 Å². The third-order valence-electron chi connectivity index (χ3n) is 3.54. The molecule has 0 bridgehead atoms. The molecule has 2 rings (SSSR count). The smallest absolute Gasteiger partial charge is 0.267 e. The number of hydrogen-bond acceptors (Lipinski definition) is 2. The molecule has 0 spiro atoms. The van der Waals surface area contributed by atoms with Gasteiger partial charge in [0, 0.05) is 4.47 Å². The molecule has 4 heteroatoms. The third kappa shape index (κ3) is 5.32. The van der Waals surface area contributed by atoms with E-state index in [1.165, 1.54) is 0 Å². The zero-order chi connectivity index (χ0) is 16.5. The molecule has 0 aliphatic heterocycles. The number of unbranched alkanes of at least 4 members (excludes halogenated alkanes) is 2. The van der Waals surface area contributed by atoms with Crippen molar-refractivity contribution < 1.29 is 4.79 Å². The number of amides is 1. The minimum Gasteiger partial charge on any atom is -0.267 e. The van der Waals surface area contributed by atoms with Crippen molar-refractivity contribution in [3.63, 3.8) is 0 Å². The van der Waals surface area contributed by atoms with Crippen molar-refractivity contribution in [3.8, 4) is 0 Å². The van der Waals surface area contributed by atoms with E-state index in [1.54, 1.807) is 6.07 Å². The largest absolute Gasteiger partial charge is 0.272 e. The van der Waals surface area contributed by atoms with Crippen LogP contribution in [0.5, 0.6) is 0 Å². The molecule has 0 heterocycles. The van der Waals surface area contributed by atoms with Crippen LogP contribution in [0.2, 0.25) is 0 Å². The maximum atomic E-state index is 12.3. The van der Waals surface area contributed by atoms with E-state index in [0.717, 1.165) is 41.4 Å². The summed E-state index contributed by atoms with van der Waals surface area (Å²) in [6.45, 7) is 2.17. The van der Waals surface area contributed by atoms with Gasteiger partial charge in [0.15, 0.2) is 0 Å². The number of nitrogens with one attached hydrogen (secondary N) is 1. The van der Waals surface area contributed by atoms with Crippen LogP contribution in [0.25, 0.3) is 0 Å². The molecule has 0 aliphatic rings. The first-order valence-corrected chi connectivity index (χ1v) is 8.68. The van der Waals surface area contributed by atoms with Gasteiger partial charge in [-0.25, -0.2) is 5.43 Å². The van der Waals surface area contributed by atoms with E-state index < -0.39 is 0 Å². The summed E-state index contributed by atoms with van der Waals surface area (Å²) in [6.07, 6.45) is 4.23. The maximum Gasteiger partial charge on any atom is 0.272 e. The van der Waals surface area contributed by atoms with E-state index in [1.807, 2.05) is 48.5 Å². The molecule has 0 aliphatic carbocycles.